The Morgan fingerprint density at radius 1 is 1.43 bits per heavy atom. The SMILES string of the molecule is COC[C@H](C)c1nc(-c2ccc(CNC(C)=O)s2)c(C)s1. The van der Waals surface area contributed by atoms with E-state index in [-0.39, 0.29) is 5.91 Å². The molecular weight excluding hydrogens is 304 g/mol. The highest BCUT2D eigenvalue weighted by atomic mass is 32.1. The molecule has 2 rings (SSSR count). The van der Waals surface area contributed by atoms with Crippen molar-refractivity contribution in [1.29, 1.82) is 0 Å². The Morgan fingerprint density at radius 2 is 2.19 bits per heavy atom. The maximum Gasteiger partial charge on any atom is 0.217 e. The number of hydrogen-bond acceptors (Lipinski definition) is 5. The molecule has 1 N–H and O–H groups in total. The lowest BCUT2D eigenvalue weighted by atomic mass is 10.2. The van der Waals surface area contributed by atoms with Crippen LogP contribution in [-0.4, -0.2) is 24.6 Å². The Balaban J connectivity index is 2.16. The molecule has 21 heavy (non-hydrogen) atoms. The van der Waals surface area contributed by atoms with E-state index in [9.17, 15) is 4.79 Å². The van der Waals surface area contributed by atoms with Crippen LogP contribution in [0.15, 0.2) is 12.1 Å². The average molecular weight is 324 g/mol. The molecule has 0 saturated heterocycles. The van der Waals surface area contributed by atoms with Crippen LogP contribution in [0.4, 0.5) is 0 Å². The number of amides is 1. The summed E-state index contributed by atoms with van der Waals surface area (Å²) in [5, 5.41) is 3.93. The van der Waals surface area contributed by atoms with Gasteiger partial charge in [-0.25, -0.2) is 4.98 Å². The summed E-state index contributed by atoms with van der Waals surface area (Å²) < 4.78 is 5.20. The maximum atomic E-state index is 11.0. The van der Waals surface area contributed by atoms with Crippen LogP contribution in [0.2, 0.25) is 0 Å². The minimum absolute atomic E-state index is 0.00883. The largest absolute Gasteiger partial charge is 0.384 e. The standard InChI is InChI=1S/C15H20N2O2S2/c1-9(8-19-4)15-17-14(10(2)20-15)13-6-5-12(21-13)7-16-11(3)18/h5-6,9H,7-8H2,1-4H3,(H,16,18)/t9-/m0/s1. The molecule has 1 atom stereocenters. The van der Waals surface area contributed by atoms with Crippen molar-refractivity contribution in [3.05, 3.63) is 26.9 Å². The summed E-state index contributed by atoms with van der Waals surface area (Å²) >= 11 is 3.41. The minimum Gasteiger partial charge on any atom is -0.384 e. The van der Waals surface area contributed by atoms with E-state index in [2.05, 4.69) is 25.2 Å². The Bertz CT molecular complexity index is 619. The number of thiophene rings is 1. The molecule has 6 heteroatoms. The van der Waals surface area contributed by atoms with Gasteiger partial charge >= 0.3 is 0 Å². The van der Waals surface area contributed by atoms with E-state index >= 15 is 0 Å². The third kappa shape index (κ3) is 4.12. The molecule has 0 aliphatic rings. The molecule has 0 radical (unpaired) electrons. The number of ether oxygens (including phenoxy) is 1. The predicted molar refractivity (Wildman–Crippen MR) is 88.0 cm³/mol. The van der Waals surface area contributed by atoms with Crippen molar-refractivity contribution < 1.29 is 9.53 Å². The first kappa shape index (κ1) is 16.1. The normalized spacial score (nSPS) is 12.4. The van der Waals surface area contributed by atoms with Gasteiger partial charge in [0.25, 0.3) is 0 Å². The fourth-order valence-electron chi connectivity index (χ4n) is 1.99. The van der Waals surface area contributed by atoms with Gasteiger partial charge in [0.1, 0.15) is 0 Å². The van der Waals surface area contributed by atoms with Gasteiger partial charge in [-0.2, -0.15) is 0 Å². The number of aromatic nitrogens is 1. The van der Waals surface area contributed by atoms with E-state index < -0.39 is 0 Å². The highest BCUT2D eigenvalue weighted by Crippen LogP contribution is 2.35. The highest BCUT2D eigenvalue weighted by Gasteiger charge is 2.16. The van der Waals surface area contributed by atoms with Gasteiger partial charge < -0.3 is 10.1 Å². The number of hydrogen-bond donors (Lipinski definition) is 1. The summed E-state index contributed by atoms with van der Waals surface area (Å²) in [7, 11) is 1.71. The van der Waals surface area contributed by atoms with E-state index in [0.717, 1.165) is 20.5 Å². The van der Waals surface area contributed by atoms with E-state index in [1.165, 1.54) is 11.8 Å². The van der Waals surface area contributed by atoms with Crippen molar-refractivity contribution in [3.8, 4) is 10.6 Å². The van der Waals surface area contributed by atoms with Crippen LogP contribution < -0.4 is 5.32 Å². The molecular formula is C15H20N2O2S2. The summed E-state index contributed by atoms with van der Waals surface area (Å²) in [6, 6.07) is 4.13. The van der Waals surface area contributed by atoms with Gasteiger partial charge in [-0.1, -0.05) is 6.92 Å². The van der Waals surface area contributed by atoms with Gasteiger partial charge in [0.05, 0.1) is 28.7 Å². The number of carbonyl (C=O) groups excluding carboxylic acids is 1. The Morgan fingerprint density at radius 3 is 2.86 bits per heavy atom. The van der Waals surface area contributed by atoms with Gasteiger partial charge in [-0.05, 0) is 19.1 Å². The van der Waals surface area contributed by atoms with Gasteiger partial charge in [-0.15, -0.1) is 22.7 Å². The summed E-state index contributed by atoms with van der Waals surface area (Å²) in [6.07, 6.45) is 0. The van der Waals surface area contributed by atoms with Crippen LogP contribution in [0.5, 0.6) is 0 Å². The molecule has 1 amide bonds. The molecule has 2 aromatic heterocycles. The van der Waals surface area contributed by atoms with Crippen molar-refractivity contribution in [3.63, 3.8) is 0 Å². The molecule has 0 spiro atoms. The first-order valence-corrected chi connectivity index (χ1v) is 8.44. The van der Waals surface area contributed by atoms with Crippen LogP contribution >= 0.6 is 22.7 Å². The minimum atomic E-state index is -0.00883. The monoisotopic (exact) mass is 324 g/mol. The van der Waals surface area contributed by atoms with E-state index in [0.29, 0.717) is 19.1 Å². The molecule has 0 aromatic carbocycles. The second-order valence-corrected chi connectivity index (χ2v) is 7.39. The second kappa shape index (κ2) is 7.15. The van der Waals surface area contributed by atoms with Crippen molar-refractivity contribution in [2.45, 2.75) is 33.2 Å². The quantitative estimate of drug-likeness (QED) is 0.884. The van der Waals surface area contributed by atoms with Crippen LogP contribution in [0.3, 0.4) is 0 Å². The lowest BCUT2D eigenvalue weighted by Crippen LogP contribution is -2.17. The number of carbonyl (C=O) groups is 1. The summed E-state index contributed by atoms with van der Waals surface area (Å²) in [5.41, 5.74) is 1.05. The van der Waals surface area contributed by atoms with Gasteiger partial charge in [0, 0.05) is 29.7 Å². The molecule has 0 bridgehead atoms. The van der Waals surface area contributed by atoms with Gasteiger partial charge in [0.15, 0.2) is 0 Å². The number of thiazole rings is 1. The number of rotatable bonds is 6. The Labute approximate surface area is 133 Å². The van der Waals surface area contributed by atoms with E-state index in [4.69, 9.17) is 9.72 Å². The van der Waals surface area contributed by atoms with Crippen molar-refractivity contribution in [2.24, 2.45) is 0 Å². The molecule has 0 aliphatic carbocycles. The first-order valence-electron chi connectivity index (χ1n) is 6.81. The third-order valence-electron chi connectivity index (χ3n) is 3.06. The van der Waals surface area contributed by atoms with Gasteiger partial charge in [0.2, 0.25) is 5.91 Å². The Hall–Kier alpha value is -1.24. The van der Waals surface area contributed by atoms with Crippen LogP contribution in [-0.2, 0) is 16.1 Å². The van der Waals surface area contributed by atoms with E-state index in [1.807, 2.05) is 6.07 Å². The second-order valence-electron chi connectivity index (χ2n) is 4.99. The smallest absolute Gasteiger partial charge is 0.217 e. The third-order valence-corrected chi connectivity index (χ3v) is 5.35. The lowest BCUT2D eigenvalue weighted by molar-refractivity contribution is -0.119. The summed E-state index contributed by atoms with van der Waals surface area (Å²) in [5.74, 6) is 0.303. The van der Waals surface area contributed by atoms with Crippen LogP contribution in [0, 0.1) is 6.92 Å². The zero-order valence-electron chi connectivity index (χ0n) is 12.7. The zero-order chi connectivity index (χ0) is 15.4. The summed E-state index contributed by atoms with van der Waals surface area (Å²) in [6.45, 7) is 7.02. The molecule has 114 valence electrons. The zero-order valence-corrected chi connectivity index (χ0v) is 14.4. The average Bonchev–Trinajstić information content (AvgIpc) is 3.03. The molecule has 0 fully saturated rings. The topological polar surface area (TPSA) is 51.2 Å². The Kier molecular flexibility index (Phi) is 5.50. The van der Waals surface area contributed by atoms with Crippen LogP contribution in [0.1, 0.15) is 34.5 Å². The molecule has 0 aliphatic heterocycles. The number of aryl methyl sites for hydroxylation is 1. The van der Waals surface area contributed by atoms with E-state index in [1.54, 1.807) is 29.8 Å². The van der Waals surface area contributed by atoms with Crippen LogP contribution in [0.25, 0.3) is 10.6 Å². The predicted octanol–water partition coefficient (Wildman–Crippen LogP) is 3.57. The fraction of sp³-hybridized carbons (Fsp3) is 0.467. The highest BCUT2D eigenvalue weighted by molar-refractivity contribution is 7.16. The molecule has 0 unspecified atom stereocenters. The number of nitrogens with zero attached hydrogens (tertiary/aromatic N) is 1. The maximum absolute atomic E-state index is 11.0. The summed E-state index contributed by atoms with van der Waals surface area (Å²) in [4.78, 5) is 19.2. The molecule has 0 saturated carbocycles. The molecule has 4 nitrogen and oxygen atoms in total. The number of nitrogens with one attached hydrogen (secondary N) is 1. The number of methoxy groups -OCH3 is 1. The van der Waals surface area contributed by atoms with Crippen molar-refractivity contribution in [2.75, 3.05) is 13.7 Å². The molecule has 2 aromatic rings. The first-order chi connectivity index (χ1) is 10.0. The van der Waals surface area contributed by atoms with Gasteiger partial charge in [-0.3, -0.25) is 4.79 Å². The molecule has 2 heterocycles. The lowest BCUT2D eigenvalue weighted by Gasteiger charge is -2.04. The van der Waals surface area contributed by atoms with Crippen molar-refractivity contribution >= 4 is 28.6 Å². The fourth-order valence-corrected chi connectivity index (χ4v) is 4.02. The van der Waals surface area contributed by atoms with Crippen molar-refractivity contribution in [1.82, 2.24) is 10.3 Å².